The maximum Gasteiger partial charge on any atom is 0.246 e. The van der Waals surface area contributed by atoms with Crippen LogP contribution in [0.3, 0.4) is 0 Å². The molecule has 60 valence electrons. The smallest absolute Gasteiger partial charge is 0.246 e. The van der Waals surface area contributed by atoms with Crippen molar-refractivity contribution in [2.45, 2.75) is 27.2 Å². The van der Waals surface area contributed by atoms with Crippen molar-refractivity contribution in [2.75, 3.05) is 6.61 Å². The molecule has 3 heteroatoms. The second kappa shape index (κ2) is 5.23. The van der Waals surface area contributed by atoms with Crippen LogP contribution in [0.15, 0.2) is 0 Å². The summed E-state index contributed by atoms with van der Waals surface area (Å²) in [5.41, 5.74) is 2.34. The molecule has 0 saturated carbocycles. The molecule has 10 heavy (non-hydrogen) atoms. The van der Waals surface area contributed by atoms with E-state index in [1.54, 1.807) is 0 Å². The first kappa shape index (κ1) is 9.43. The average Bonchev–Trinajstić information content (AvgIpc) is 1.98. The highest BCUT2D eigenvalue weighted by Gasteiger charge is 2.08. The second-order valence-electron chi connectivity index (χ2n) is 2.21. The monoisotopic (exact) mass is 145 g/mol. The summed E-state index contributed by atoms with van der Waals surface area (Å²) in [4.78, 5) is 15.6. The van der Waals surface area contributed by atoms with Gasteiger partial charge in [0.15, 0.2) is 0 Å². The lowest BCUT2D eigenvalue weighted by Gasteiger charge is -2.07. The van der Waals surface area contributed by atoms with Gasteiger partial charge in [-0.3, -0.25) is 9.63 Å². The number of carbonyl (C=O) groups is 1. The Balaban J connectivity index is 3.42. The molecule has 1 atom stereocenters. The minimum absolute atomic E-state index is 0.0376. The Morgan fingerprint density at radius 1 is 1.60 bits per heavy atom. The molecule has 0 spiro atoms. The summed E-state index contributed by atoms with van der Waals surface area (Å²) < 4.78 is 0. The molecule has 0 bridgehead atoms. The van der Waals surface area contributed by atoms with E-state index in [0.29, 0.717) is 6.61 Å². The third-order valence-corrected chi connectivity index (χ3v) is 1.38. The molecule has 0 aliphatic heterocycles. The van der Waals surface area contributed by atoms with Crippen molar-refractivity contribution in [2.24, 2.45) is 5.92 Å². The van der Waals surface area contributed by atoms with Gasteiger partial charge in [-0.15, -0.1) is 0 Å². The van der Waals surface area contributed by atoms with Gasteiger partial charge in [0.2, 0.25) is 5.91 Å². The topological polar surface area (TPSA) is 38.3 Å². The van der Waals surface area contributed by atoms with E-state index in [2.05, 4.69) is 5.48 Å². The quantitative estimate of drug-likeness (QED) is 0.601. The van der Waals surface area contributed by atoms with Crippen molar-refractivity contribution in [1.82, 2.24) is 5.48 Å². The summed E-state index contributed by atoms with van der Waals surface area (Å²) in [6, 6.07) is 0. The number of hydrogen-bond acceptors (Lipinski definition) is 2. The zero-order chi connectivity index (χ0) is 7.98. The third kappa shape index (κ3) is 3.45. The van der Waals surface area contributed by atoms with Crippen molar-refractivity contribution in [3.8, 4) is 0 Å². The second-order valence-corrected chi connectivity index (χ2v) is 2.21. The van der Waals surface area contributed by atoms with Crippen molar-refractivity contribution >= 4 is 5.91 Å². The molecule has 0 saturated heterocycles. The maximum atomic E-state index is 10.9. The van der Waals surface area contributed by atoms with Crippen LogP contribution in [0.25, 0.3) is 0 Å². The molecule has 0 aliphatic rings. The van der Waals surface area contributed by atoms with Crippen LogP contribution in [0.5, 0.6) is 0 Å². The fraction of sp³-hybridized carbons (Fsp3) is 0.857. The van der Waals surface area contributed by atoms with E-state index in [1.165, 1.54) is 0 Å². The zero-order valence-corrected chi connectivity index (χ0v) is 6.81. The van der Waals surface area contributed by atoms with Gasteiger partial charge in [0, 0.05) is 5.92 Å². The Labute approximate surface area is 61.7 Å². The van der Waals surface area contributed by atoms with Crippen LogP contribution in [-0.2, 0) is 9.63 Å². The molecule has 0 rings (SSSR count). The molecular formula is C7H15NO2. The van der Waals surface area contributed by atoms with Crippen molar-refractivity contribution in [3.63, 3.8) is 0 Å². The molecule has 0 aromatic rings. The number of hydrogen-bond donors (Lipinski definition) is 1. The molecule has 0 aromatic heterocycles. The number of nitrogens with one attached hydrogen (secondary N) is 1. The fourth-order valence-corrected chi connectivity index (χ4v) is 0.429. The molecule has 0 fully saturated rings. The van der Waals surface area contributed by atoms with Gasteiger partial charge in [0.1, 0.15) is 0 Å². The van der Waals surface area contributed by atoms with Crippen molar-refractivity contribution in [1.29, 1.82) is 0 Å². The molecule has 1 amide bonds. The zero-order valence-electron chi connectivity index (χ0n) is 6.81. The van der Waals surface area contributed by atoms with Crippen LogP contribution in [-0.4, -0.2) is 12.5 Å². The Morgan fingerprint density at radius 3 is 2.60 bits per heavy atom. The summed E-state index contributed by atoms with van der Waals surface area (Å²) in [5, 5.41) is 0. The van der Waals surface area contributed by atoms with Crippen LogP contribution in [0.2, 0.25) is 0 Å². The molecule has 0 aliphatic carbocycles. The first-order valence-electron chi connectivity index (χ1n) is 3.64. The fourth-order valence-electron chi connectivity index (χ4n) is 0.429. The molecule has 1 N–H and O–H groups in total. The Morgan fingerprint density at radius 2 is 2.20 bits per heavy atom. The van der Waals surface area contributed by atoms with E-state index in [4.69, 9.17) is 4.84 Å². The van der Waals surface area contributed by atoms with Crippen LogP contribution in [0, 0.1) is 5.92 Å². The highest BCUT2D eigenvalue weighted by Crippen LogP contribution is 1.98. The Hall–Kier alpha value is -0.570. The average molecular weight is 145 g/mol. The van der Waals surface area contributed by atoms with Crippen molar-refractivity contribution < 1.29 is 9.63 Å². The Kier molecular flexibility index (Phi) is 4.94. The summed E-state index contributed by atoms with van der Waals surface area (Å²) in [6.07, 6.45) is 0.846. The van der Waals surface area contributed by atoms with E-state index in [0.717, 1.165) is 6.42 Å². The molecule has 0 radical (unpaired) electrons. The lowest BCUT2D eigenvalue weighted by atomic mass is 10.1. The first-order valence-corrected chi connectivity index (χ1v) is 3.64. The Bertz CT molecular complexity index is 104. The highest BCUT2D eigenvalue weighted by atomic mass is 16.6. The molecular weight excluding hydrogens is 130 g/mol. The number of amides is 1. The lowest BCUT2D eigenvalue weighted by molar-refractivity contribution is -0.136. The summed E-state index contributed by atoms with van der Waals surface area (Å²) in [6.45, 7) is 6.18. The number of rotatable bonds is 4. The first-order chi connectivity index (χ1) is 4.72. The van der Waals surface area contributed by atoms with Crippen LogP contribution < -0.4 is 5.48 Å². The lowest BCUT2D eigenvalue weighted by Crippen LogP contribution is -2.28. The maximum absolute atomic E-state index is 10.9. The van der Waals surface area contributed by atoms with E-state index in [9.17, 15) is 4.79 Å². The normalized spacial score (nSPS) is 12.7. The number of carbonyl (C=O) groups excluding carboxylic acids is 1. The third-order valence-electron chi connectivity index (χ3n) is 1.38. The molecule has 0 unspecified atom stereocenters. The minimum Gasteiger partial charge on any atom is -0.274 e. The van der Waals surface area contributed by atoms with Crippen LogP contribution in [0.1, 0.15) is 27.2 Å². The molecule has 3 nitrogen and oxygen atoms in total. The predicted octanol–water partition coefficient (Wildman–Crippen LogP) is 1.10. The van der Waals surface area contributed by atoms with Gasteiger partial charge in [0.05, 0.1) is 6.61 Å². The number of hydroxylamine groups is 1. The summed E-state index contributed by atoms with van der Waals surface area (Å²) >= 11 is 0. The van der Waals surface area contributed by atoms with E-state index >= 15 is 0 Å². The van der Waals surface area contributed by atoms with E-state index < -0.39 is 0 Å². The summed E-state index contributed by atoms with van der Waals surface area (Å²) in [7, 11) is 0. The molecule has 0 aromatic carbocycles. The van der Waals surface area contributed by atoms with Gasteiger partial charge in [-0.1, -0.05) is 13.8 Å². The van der Waals surface area contributed by atoms with Gasteiger partial charge < -0.3 is 0 Å². The van der Waals surface area contributed by atoms with Crippen LogP contribution >= 0.6 is 0 Å². The minimum atomic E-state index is -0.0376. The van der Waals surface area contributed by atoms with Crippen molar-refractivity contribution in [3.05, 3.63) is 0 Å². The molecule has 0 heterocycles. The van der Waals surface area contributed by atoms with Gasteiger partial charge in [-0.2, -0.15) is 0 Å². The van der Waals surface area contributed by atoms with Gasteiger partial charge in [0.25, 0.3) is 0 Å². The summed E-state index contributed by atoms with van der Waals surface area (Å²) in [5.74, 6) is 0.0101. The van der Waals surface area contributed by atoms with Crippen LogP contribution in [0.4, 0.5) is 0 Å². The standard InChI is InChI=1S/C7H15NO2/c1-4-6(3)7(9)8-10-5-2/h6H,4-5H2,1-3H3,(H,8,9)/t6-/m1/s1. The van der Waals surface area contributed by atoms with E-state index in [-0.39, 0.29) is 11.8 Å². The largest absolute Gasteiger partial charge is 0.274 e. The van der Waals surface area contributed by atoms with Gasteiger partial charge in [-0.05, 0) is 13.3 Å². The van der Waals surface area contributed by atoms with Gasteiger partial charge >= 0.3 is 0 Å². The van der Waals surface area contributed by atoms with Gasteiger partial charge in [-0.25, -0.2) is 5.48 Å². The predicted molar refractivity (Wildman–Crippen MR) is 39.2 cm³/mol. The van der Waals surface area contributed by atoms with E-state index in [1.807, 2.05) is 20.8 Å². The highest BCUT2D eigenvalue weighted by molar-refractivity contribution is 5.77. The SMILES string of the molecule is CCONC(=O)[C@H](C)CC.